The minimum Gasteiger partial charge on any atom is -0.355 e. The molecule has 33 heavy (non-hydrogen) atoms. The zero-order valence-corrected chi connectivity index (χ0v) is 18.4. The van der Waals surface area contributed by atoms with Crippen LogP contribution >= 0.6 is 0 Å². The van der Waals surface area contributed by atoms with Crippen LogP contribution in [0, 0.1) is 0 Å². The lowest BCUT2D eigenvalue weighted by Crippen LogP contribution is -2.44. The van der Waals surface area contributed by atoms with Gasteiger partial charge in [-0.25, -0.2) is 9.78 Å². The number of carbonyl (C=O) groups excluding carboxylic acids is 3. The molecule has 1 N–H and O–H groups in total. The number of pyridine rings is 1. The molecule has 0 aromatic carbocycles. The van der Waals surface area contributed by atoms with Crippen LogP contribution in [0.4, 0.5) is 23.8 Å². The third-order valence-corrected chi connectivity index (χ3v) is 6.72. The second kappa shape index (κ2) is 9.18. The molecule has 1 aliphatic carbocycles. The molecule has 1 saturated carbocycles. The normalized spacial score (nSPS) is 21.0. The van der Waals surface area contributed by atoms with E-state index in [0.29, 0.717) is 57.7 Å². The van der Waals surface area contributed by atoms with Crippen molar-refractivity contribution in [3.05, 3.63) is 23.9 Å². The first kappa shape index (κ1) is 23.3. The Kier molecular flexibility index (Phi) is 6.49. The van der Waals surface area contributed by atoms with Crippen LogP contribution in [0.3, 0.4) is 0 Å². The number of imide groups is 1. The van der Waals surface area contributed by atoms with Gasteiger partial charge in [0, 0.05) is 45.3 Å². The quantitative estimate of drug-likeness (QED) is 0.674. The lowest BCUT2D eigenvalue weighted by Gasteiger charge is -2.23. The maximum absolute atomic E-state index is 12.7. The molecule has 0 bridgehead atoms. The second-order valence-electron chi connectivity index (χ2n) is 8.90. The van der Waals surface area contributed by atoms with Crippen LogP contribution in [0.5, 0.6) is 0 Å². The van der Waals surface area contributed by atoms with Crippen molar-refractivity contribution in [3.63, 3.8) is 0 Å². The summed E-state index contributed by atoms with van der Waals surface area (Å²) in [6.07, 6.45) is 0.885. The molecule has 0 radical (unpaired) electrons. The van der Waals surface area contributed by atoms with Crippen LogP contribution in [0.15, 0.2) is 18.3 Å². The molecule has 0 atom stereocenters. The van der Waals surface area contributed by atoms with E-state index in [1.54, 1.807) is 4.90 Å². The van der Waals surface area contributed by atoms with Crippen molar-refractivity contribution in [2.45, 2.75) is 56.7 Å². The highest BCUT2D eigenvalue weighted by molar-refractivity contribution is 6.07. The van der Waals surface area contributed by atoms with Gasteiger partial charge in [0.2, 0.25) is 5.91 Å². The first-order valence-corrected chi connectivity index (χ1v) is 11.4. The molecule has 1 aromatic rings. The number of rotatable bonds is 5. The molecule has 3 fully saturated rings. The van der Waals surface area contributed by atoms with Gasteiger partial charge in [-0.15, -0.1) is 0 Å². The number of aromatic nitrogens is 1. The zero-order chi connectivity index (χ0) is 23.6. The number of nitrogens with one attached hydrogen (secondary N) is 1. The highest BCUT2D eigenvalue weighted by Gasteiger charge is 2.52. The van der Waals surface area contributed by atoms with Crippen LogP contribution in [0.25, 0.3) is 0 Å². The Bertz CT molecular complexity index is 900. The maximum atomic E-state index is 12.7. The average Bonchev–Trinajstić information content (AvgIpc) is 3.22. The monoisotopic (exact) mass is 467 g/mol. The Hall–Kier alpha value is -2.85. The molecule has 3 heterocycles. The molecule has 4 rings (SSSR count). The van der Waals surface area contributed by atoms with Gasteiger partial charge in [0.15, 0.2) is 0 Å². The highest BCUT2D eigenvalue weighted by atomic mass is 19.4. The van der Waals surface area contributed by atoms with Gasteiger partial charge in [-0.3, -0.25) is 14.5 Å². The first-order valence-electron chi connectivity index (χ1n) is 11.4. The maximum Gasteiger partial charge on any atom is 0.417 e. The van der Waals surface area contributed by atoms with Crippen molar-refractivity contribution in [3.8, 4) is 0 Å². The number of alkyl halides is 3. The summed E-state index contributed by atoms with van der Waals surface area (Å²) in [5.74, 6) is 0.225. The van der Waals surface area contributed by atoms with Gasteiger partial charge in [0.05, 0.1) is 5.56 Å². The van der Waals surface area contributed by atoms with Gasteiger partial charge < -0.3 is 15.1 Å². The lowest BCUT2D eigenvalue weighted by atomic mass is 9.98. The van der Waals surface area contributed by atoms with E-state index in [0.717, 1.165) is 25.1 Å². The number of anilines is 1. The summed E-state index contributed by atoms with van der Waals surface area (Å²) < 4.78 is 38.2. The van der Waals surface area contributed by atoms with Crippen LogP contribution in [0.2, 0.25) is 0 Å². The number of hydrogen-bond donors (Lipinski definition) is 1. The minimum atomic E-state index is -4.43. The predicted octanol–water partition coefficient (Wildman–Crippen LogP) is 2.78. The molecular weight excluding hydrogens is 439 g/mol. The van der Waals surface area contributed by atoms with Gasteiger partial charge >= 0.3 is 12.2 Å². The van der Waals surface area contributed by atoms with Gasteiger partial charge in [-0.1, -0.05) is 12.8 Å². The van der Waals surface area contributed by atoms with Crippen LogP contribution in [0.1, 0.15) is 50.5 Å². The number of halogens is 3. The average molecular weight is 467 g/mol. The van der Waals surface area contributed by atoms with Crippen molar-refractivity contribution >= 4 is 23.7 Å². The van der Waals surface area contributed by atoms with E-state index in [-0.39, 0.29) is 30.8 Å². The topological polar surface area (TPSA) is 85.8 Å². The Morgan fingerprint density at radius 1 is 1.06 bits per heavy atom. The van der Waals surface area contributed by atoms with Crippen molar-refractivity contribution in [2.24, 2.45) is 0 Å². The van der Waals surface area contributed by atoms with E-state index in [1.165, 1.54) is 11.0 Å². The Morgan fingerprint density at radius 3 is 2.48 bits per heavy atom. The number of amides is 4. The molecular formula is C22H28F3N5O3. The van der Waals surface area contributed by atoms with E-state index in [9.17, 15) is 27.6 Å². The van der Waals surface area contributed by atoms with E-state index in [2.05, 4.69) is 10.3 Å². The van der Waals surface area contributed by atoms with Gasteiger partial charge in [-0.05, 0) is 37.8 Å². The van der Waals surface area contributed by atoms with Gasteiger partial charge in [0.25, 0.3) is 5.91 Å². The van der Waals surface area contributed by atoms with Crippen molar-refractivity contribution in [2.75, 3.05) is 37.6 Å². The molecule has 1 aromatic heterocycles. The summed E-state index contributed by atoms with van der Waals surface area (Å²) in [4.78, 5) is 46.4. The van der Waals surface area contributed by atoms with Crippen LogP contribution < -0.4 is 10.2 Å². The summed E-state index contributed by atoms with van der Waals surface area (Å²) >= 11 is 0. The standard InChI is InChI=1S/C22H28F3N5O3/c23-22(24,25)16-6-7-17(26-15-16)28-10-4-11-29(14-13-28)18(31)5-3-12-30-19(32)21(27-20(30)33)8-1-2-9-21/h6-7,15H,1-5,8-14H2,(H,27,33). The smallest absolute Gasteiger partial charge is 0.355 e. The highest BCUT2D eigenvalue weighted by Crippen LogP contribution is 2.35. The fourth-order valence-corrected chi connectivity index (χ4v) is 4.88. The fraction of sp³-hybridized carbons (Fsp3) is 0.636. The third kappa shape index (κ3) is 4.91. The number of hydrogen-bond acceptors (Lipinski definition) is 5. The second-order valence-corrected chi connectivity index (χ2v) is 8.90. The Labute approximate surface area is 190 Å². The number of urea groups is 1. The molecule has 11 heteroatoms. The molecule has 8 nitrogen and oxygen atoms in total. The molecule has 2 aliphatic heterocycles. The largest absolute Gasteiger partial charge is 0.417 e. The minimum absolute atomic E-state index is 0.0557. The summed E-state index contributed by atoms with van der Waals surface area (Å²) in [6.45, 7) is 2.26. The summed E-state index contributed by atoms with van der Waals surface area (Å²) in [5.41, 5.74) is -1.52. The van der Waals surface area contributed by atoms with Crippen molar-refractivity contribution < 1.29 is 27.6 Å². The molecule has 3 aliphatic rings. The van der Waals surface area contributed by atoms with E-state index >= 15 is 0 Å². The van der Waals surface area contributed by atoms with E-state index < -0.39 is 17.3 Å². The van der Waals surface area contributed by atoms with Gasteiger partial charge in [0.1, 0.15) is 11.4 Å². The van der Waals surface area contributed by atoms with Crippen LogP contribution in [-0.2, 0) is 15.8 Å². The summed E-state index contributed by atoms with van der Waals surface area (Å²) in [5, 5.41) is 2.84. The zero-order valence-electron chi connectivity index (χ0n) is 18.4. The van der Waals surface area contributed by atoms with Crippen molar-refractivity contribution in [1.29, 1.82) is 0 Å². The molecule has 0 unspecified atom stereocenters. The summed E-state index contributed by atoms with van der Waals surface area (Å²) in [7, 11) is 0. The lowest BCUT2D eigenvalue weighted by molar-refractivity contribution is -0.138. The summed E-state index contributed by atoms with van der Waals surface area (Å²) in [6, 6.07) is 2.00. The molecule has 180 valence electrons. The van der Waals surface area contributed by atoms with Crippen LogP contribution in [-0.4, -0.2) is 70.9 Å². The van der Waals surface area contributed by atoms with E-state index in [1.807, 2.05) is 4.90 Å². The predicted molar refractivity (Wildman–Crippen MR) is 113 cm³/mol. The number of carbonyl (C=O) groups is 3. The van der Waals surface area contributed by atoms with Gasteiger partial charge in [-0.2, -0.15) is 13.2 Å². The van der Waals surface area contributed by atoms with Crippen molar-refractivity contribution in [1.82, 2.24) is 20.1 Å². The SMILES string of the molecule is O=C(CCCN1C(=O)NC2(CCCC2)C1=O)N1CCCN(c2ccc(C(F)(F)F)cn2)CC1. The first-order chi connectivity index (χ1) is 15.7. The fourth-order valence-electron chi connectivity index (χ4n) is 4.88. The molecule has 1 spiro atoms. The molecule has 4 amide bonds. The molecule has 2 saturated heterocycles. The number of nitrogens with zero attached hydrogens (tertiary/aromatic N) is 4. The Morgan fingerprint density at radius 2 is 1.82 bits per heavy atom. The Balaban J connectivity index is 1.25. The third-order valence-electron chi connectivity index (χ3n) is 6.72. The van der Waals surface area contributed by atoms with E-state index in [4.69, 9.17) is 0 Å².